The number of amides is 4. The number of nitrogen functional groups attached to an aromatic ring is 2. The van der Waals surface area contributed by atoms with Crippen LogP contribution in [0, 0.1) is 13.8 Å². The van der Waals surface area contributed by atoms with Gasteiger partial charge < -0.3 is 11.5 Å². The van der Waals surface area contributed by atoms with Crippen LogP contribution in [0.1, 0.15) is 165 Å². The molecule has 0 atom stereocenters. The largest absolute Gasteiger partial charge is 0.399 e. The van der Waals surface area contributed by atoms with Gasteiger partial charge in [-0.05, 0) is 244 Å². The summed E-state index contributed by atoms with van der Waals surface area (Å²) in [5.41, 5.74) is 34.7. The second-order valence-corrected chi connectivity index (χ2v) is 24.3. The molecule has 2 aliphatic carbocycles. The zero-order valence-corrected chi connectivity index (χ0v) is 47.0. The van der Waals surface area contributed by atoms with Crippen molar-refractivity contribution in [2.45, 2.75) is 106 Å². The van der Waals surface area contributed by atoms with Gasteiger partial charge in [0.05, 0.1) is 11.4 Å². The first-order valence-electron chi connectivity index (χ1n) is 28.3. The van der Waals surface area contributed by atoms with Crippen LogP contribution >= 0.6 is 0 Å². The van der Waals surface area contributed by atoms with Gasteiger partial charge in [0.15, 0.2) is 0 Å². The predicted octanol–water partition coefficient (Wildman–Crippen LogP) is 17.3. The average molecular weight is 1050 g/mol. The molecule has 0 spiro atoms. The minimum absolute atomic E-state index is 0.0372. The number of rotatable bonds is 9. The van der Waals surface area contributed by atoms with Crippen molar-refractivity contribution in [2.24, 2.45) is 0 Å². The molecule has 80 heavy (non-hydrogen) atoms. The fraction of sp³-hybridized carbons (Fsp3) is 0.222. The summed E-state index contributed by atoms with van der Waals surface area (Å²) in [5.74, 6) is -1.08. The van der Waals surface area contributed by atoms with Gasteiger partial charge in [-0.15, -0.1) is 0 Å². The van der Waals surface area contributed by atoms with Gasteiger partial charge in [0.1, 0.15) is 0 Å². The minimum Gasteiger partial charge on any atom is -0.399 e. The van der Waals surface area contributed by atoms with E-state index in [-0.39, 0.29) is 47.3 Å². The third-order valence-corrected chi connectivity index (χ3v) is 18.1. The molecule has 0 fully saturated rings. The molecular weight excluding hydrogens is 985 g/mol. The van der Waals surface area contributed by atoms with Crippen LogP contribution in [0.2, 0.25) is 0 Å². The Morgan fingerprint density at radius 1 is 0.325 bits per heavy atom. The van der Waals surface area contributed by atoms with E-state index < -0.39 is 0 Å². The first kappa shape index (κ1) is 49.4. The van der Waals surface area contributed by atoms with Crippen LogP contribution in [0.15, 0.2) is 121 Å². The van der Waals surface area contributed by atoms with E-state index in [0.29, 0.717) is 45.0 Å². The maximum atomic E-state index is 14.8. The molecule has 8 nitrogen and oxygen atoms in total. The fourth-order valence-corrected chi connectivity index (χ4v) is 14.1. The third-order valence-electron chi connectivity index (χ3n) is 18.1. The zero-order valence-electron chi connectivity index (χ0n) is 47.0. The van der Waals surface area contributed by atoms with Gasteiger partial charge in [-0.25, -0.2) is 9.80 Å². The number of nitrogens with two attached hydrogens (primary N) is 2. The Morgan fingerprint density at radius 2 is 0.562 bits per heavy atom. The number of aryl methyl sites for hydroxylation is 4. The normalized spacial score (nSPS) is 14.1. The van der Waals surface area contributed by atoms with E-state index in [1.807, 2.05) is 48.5 Å². The molecule has 4 N–H and O–H groups in total. The monoisotopic (exact) mass is 1050 g/mol. The Labute approximate surface area is 466 Å². The number of carbonyl (C=O) groups is 4. The Bertz CT molecular complexity index is 4180. The summed E-state index contributed by atoms with van der Waals surface area (Å²) in [6, 6.07) is 42.0. The average Bonchev–Trinajstić information content (AvgIpc) is 4.02. The fourth-order valence-electron chi connectivity index (χ4n) is 14.1. The zero-order chi connectivity index (χ0) is 55.8. The smallest absolute Gasteiger partial charge is 0.266 e. The quantitative estimate of drug-likeness (QED) is 0.109. The maximum Gasteiger partial charge on any atom is 0.266 e. The van der Waals surface area contributed by atoms with Gasteiger partial charge >= 0.3 is 0 Å². The lowest BCUT2D eigenvalue weighted by Crippen LogP contribution is -2.41. The van der Waals surface area contributed by atoms with E-state index in [2.05, 4.69) is 142 Å². The highest BCUT2D eigenvalue weighted by Gasteiger charge is 2.42. The van der Waals surface area contributed by atoms with Crippen molar-refractivity contribution in [3.63, 3.8) is 0 Å². The Kier molecular flexibility index (Phi) is 10.7. The standard InChI is InChI=1S/C72H62N4O4/c1-33(2)55-29-45(73)30-56(34(3)4)67(55)75-69(77)51-17-13-47-59-25-41-21-37(9)39(23-43(41)27-61(59)49-15-19-53(71(75)79)65(51)63(47)49)11-12-40-24-44-28-62-50-16-20-54-66-52(18-14-48(64(50)66)60(62)26-42(44)22-38(40)10)70(78)76(72(54)80)68-57(35(5)6)31-46(74)32-58(68)36(7)8/h13-36H,11-12,73-74H2,1-10H3. The Balaban J connectivity index is 0.777. The second-order valence-electron chi connectivity index (χ2n) is 24.3. The summed E-state index contributed by atoms with van der Waals surface area (Å²) in [4.78, 5) is 62.0. The van der Waals surface area contributed by atoms with Crippen LogP contribution in [0.5, 0.6) is 0 Å². The van der Waals surface area contributed by atoms with E-state index in [1.165, 1.54) is 32.1 Å². The molecule has 0 bridgehead atoms. The van der Waals surface area contributed by atoms with Crippen molar-refractivity contribution in [3.05, 3.63) is 188 Å². The van der Waals surface area contributed by atoms with Gasteiger partial charge in [0, 0.05) is 44.4 Å². The summed E-state index contributed by atoms with van der Waals surface area (Å²) < 4.78 is 0. The lowest BCUT2D eigenvalue weighted by atomic mass is 9.87. The molecule has 0 radical (unpaired) electrons. The lowest BCUT2D eigenvalue weighted by Gasteiger charge is -2.32. The van der Waals surface area contributed by atoms with Crippen LogP contribution in [-0.4, -0.2) is 23.6 Å². The highest BCUT2D eigenvalue weighted by Crippen LogP contribution is 2.55. The summed E-state index contributed by atoms with van der Waals surface area (Å²) in [6.45, 7) is 21.0. The first-order chi connectivity index (χ1) is 38.3. The number of carbonyl (C=O) groups excluding carboxylic acids is 4. The molecule has 2 aliphatic heterocycles. The summed E-state index contributed by atoms with van der Waals surface area (Å²) in [6.07, 6.45) is 1.71. The van der Waals surface area contributed by atoms with E-state index in [1.54, 1.807) is 0 Å². The van der Waals surface area contributed by atoms with Crippen LogP contribution in [0.25, 0.3) is 87.6 Å². The topological polar surface area (TPSA) is 127 Å². The predicted molar refractivity (Wildman–Crippen MR) is 329 cm³/mol. The molecule has 14 rings (SSSR count). The number of benzene rings is 10. The summed E-state index contributed by atoms with van der Waals surface area (Å²) in [7, 11) is 0. The van der Waals surface area contributed by atoms with E-state index in [9.17, 15) is 19.2 Å². The summed E-state index contributed by atoms with van der Waals surface area (Å²) in [5, 5.41) is 7.98. The van der Waals surface area contributed by atoms with Crippen LogP contribution < -0.4 is 21.3 Å². The van der Waals surface area contributed by atoms with Crippen LogP contribution in [0.4, 0.5) is 22.7 Å². The number of hydrogen-bond donors (Lipinski definition) is 2. The lowest BCUT2D eigenvalue weighted by molar-refractivity contribution is 0.0877. The van der Waals surface area contributed by atoms with Gasteiger partial charge in [0.25, 0.3) is 23.6 Å². The third kappa shape index (κ3) is 6.87. The SMILES string of the molecule is Cc1cc2cc3c(cc2cc1CCc1cc2cc4c(cc2cc1C)-c1ccc2c5c(ccc-4c15)C(=O)N(c1c(C(C)C)cc(N)cc1C(C)C)C2=O)-c1ccc2c4c(ccc-3c14)C(=O)N(c1c(C(C)C)cc(N)cc1C(C)C)C2=O. The van der Waals surface area contributed by atoms with E-state index >= 15 is 0 Å². The molecule has 8 heteroatoms. The number of imide groups is 2. The number of nitrogens with zero attached hydrogens (tertiary/aromatic N) is 2. The number of hydrogen-bond acceptors (Lipinski definition) is 6. The molecule has 10 aromatic rings. The maximum absolute atomic E-state index is 14.8. The van der Waals surface area contributed by atoms with Crippen LogP contribution in [-0.2, 0) is 12.8 Å². The number of anilines is 4. The first-order valence-corrected chi connectivity index (χ1v) is 28.3. The molecule has 0 saturated carbocycles. The molecule has 2 heterocycles. The van der Waals surface area contributed by atoms with Gasteiger partial charge in [-0.1, -0.05) is 104 Å². The molecule has 394 valence electrons. The number of fused-ring (bicyclic) bond motifs is 8. The Hall–Kier alpha value is -8.88. The second kappa shape index (κ2) is 17.3. The van der Waals surface area contributed by atoms with Crippen molar-refractivity contribution >= 4 is 89.5 Å². The van der Waals surface area contributed by atoms with Crippen molar-refractivity contribution in [1.29, 1.82) is 0 Å². The van der Waals surface area contributed by atoms with Crippen molar-refractivity contribution in [3.8, 4) is 44.5 Å². The van der Waals surface area contributed by atoms with Gasteiger partial charge in [-0.3, -0.25) is 19.2 Å². The van der Waals surface area contributed by atoms with Crippen molar-refractivity contribution < 1.29 is 19.2 Å². The highest BCUT2D eigenvalue weighted by molar-refractivity contribution is 6.40. The minimum atomic E-state index is -0.307. The Morgan fingerprint density at radius 3 is 0.825 bits per heavy atom. The van der Waals surface area contributed by atoms with Gasteiger partial charge in [-0.2, -0.15) is 0 Å². The van der Waals surface area contributed by atoms with Gasteiger partial charge in [0.2, 0.25) is 0 Å². The molecule has 4 amide bonds. The van der Waals surface area contributed by atoms with E-state index in [0.717, 1.165) is 123 Å². The van der Waals surface area contributed by atoms with Crippen LogP contribution in [0.3, 0.4) is 0 Å². The highest BCUT2D eigenvalue weighted by atomic mass is 16.2. The molecule has 10 aromatic carbocycles. The molecular formula is C72H62N4O4. The van der Waals surface area contributed by atoms with Crippen molar-refractivity contribution in [2.75, 3.05) is 21.3 Å². The summed E-state index contributed by atoms with van der Waals surface area (Å²) >= 11 is 0. The molecule has 4 aliphatic rings. The van der Waals surface area contributed by atoms with Crippen molar-refractivity contribution in [1.82, 2.24) is 0 Å². The molecule has 0 saturated heterocycles. The van der Waals surface area contributed by atoms with E-state index in [4.69, 9.17) is 11.5 Å². The molecule has 0 unspecified atom stereocenters. The molecule has 0 aromatic heterocycles.